The lowest BCUT2D eigenvalue weighted by Crippen LogP contribution is -2.18. The molecule has 0 fully saturated rings. The number of aromatic nitrogens is 5. The third kappa shape index (κ3) is 5.24. The SMILES string of the molecule is COc1cc(C(Nc2ccc(C(=N)N)cc2)c2nn(-c3ncccn3)c(=O)[nH]2)ccc1OC(F)F. The van der Waals surface area contributed by atoms with Crippen LogP contribution < -0.4 is 26.2 Å². The highest BCUT2D eigenvalue weighted by Gasteiger charge is 2.23. The molecule has 2 aromatic carbocycles. The Kier molecular flexibility index (Phi) is 6.66. The number of nitrogens with zero attached hydrogens (tertiary/aromatic N) is 4. The van der Waals surface area contributed by atoms with Crippen LogP contribution in [-0.2, 0) is 0 Å². The smallest absolute Gasteiger partial charge is 0.387 e. The van der Waals surface area contributed by atoms with E-state index in [1.165, 1.54) is 37.7 Å². The Morgan fingerprint density at radius 3 is 2.49 bits per heavy atom. The molecule has 0 saturated heterocycles. The number of amidine groups is 1. The second-order valence-electron chi connectivity index (χ2n) is 7.13. The second kappa shape index (κ2) is 9.99. The number of aromatic amines is 1. The average molecular weight is 482 g/mol. The van der Waals surface area contributed by atoms with Crippen LogP contribution >= 0.6 is 0 Å². The fourth-order valence-corrected chi connectivity index (χ4v) is 3.29. The van der Waals surface area contributed by atoms with E-state index in [-0.39, 0.29) is 29.1 Å². The van der Waals surface area contributed by atoms with Crippen LogP contribution in [-0.4, -0.2) is 44.3 Å². The zero-order valence-electron chi connectivity index (χ0n) is 18.3. The Morgan fingerprint density at radius 2 is 1.86 bits per heavy atom. The van der Waals surface area contributed by atoms with Crippen molar-refractivity contribution < 1.29 is 18.3 Å². The zero-order valence-corrected chi connectivity index (χ0v) is 18.3. The van der Waals surface area contributed by atoms with Crippen LogP contribution in [0.2, 0.25) is 0 Å². The minimum atomic E-state index is -3.03. The van der Waals surface area contributed by atoms with Gasteiger partial charge in [-0.3, -0.25) is 10.4 Å². The Labute approximate surface area is 197 Å². The van der Waals surface area contributed by atoms with Gasteiger partial charge in [0.25, 0.3) is 5.95 Å². The van der Waals surface area contributed by atoms with E-state index >= 15 is 0 Å². The van der Waals surface area contributed by atoms with Crippen molar-refractivity contribution in [3.05, 3.63) is 88.4 Å². The molecule has 2 aromatic heterocycles. The summed E-state index contributed by atoms with van der Waals surface area (Å²) >= 11 is 0. The summed E-state index contributed by atoms with van der Waals surface area (Å²) in [6, 6.07) is 11.9. The second-order valence-corrected chi connectivity index (χ2v) is 7.13. The lowest BCUT2D eigenvalue weighted by Gasteiger charge is -2.20. The van der Waals surface area contributed by atoms with Gasteiger partial charge in [-0.25, -0.2) is 14.8 Å². The monoisotopic (exact) mass is 482 g/mol. The largest absolute Gasteiger partial charge is 0.493 e. The Hall–Kier alpha value is -4.81. The van der Waals surface area contributed by atoms with Crippen molar-refractivity contribution in [3.8, 4) is 17.4 Å². The normalized spacial score (nSPS) is 11.8. The minimum absolute atomic E-state index is 0.0645. The van der Waals surface area contributed by atoms with Gasteiger partial charge in [0.1, 0.15) is 11.9 Å². The number of H-pyrrole nitrogens is 1. The lowest BCUT2D eigenvalue weighted by molar-refractivity contribution is -0.0512. The first kappa shape index (κ1) is 23.4. The van der Waals surface area contributed by atoms with Crippen LogP contribution in [0.1, 0.15) is 23.0 Å². The molecule has 4 rings (SSSR count). The minimum Gasteiger partial charge on any atom is -0.493 e. The molecule has 0 spiro atoms. The van der Waals surface area contributed by atoms with Gasteiger partial charge in [-0.2, -0.15) is 8.78 Å². The zero-order chi connectivity index (χ0) is 24.9. The number of benzene rings is 2. The van der Waals surface area contributed by atoms with Gasteiger partial charge < -0.3 is 20.5 Å². The molecule has 0 aliphatic heterocycles. The number of hydrogen-bond acceptors (Lipinski definition) is 8. The molecule has 0 aliphatic rings. The molecule has 35 heavy (non-hydrogen) atoms. The van der Waals surface area contributed by atoms with Crippen LogP contribution in [0.4, 0.5) is 14.5 Å². The predicted octanol–water partition coefficient (Wildman–Crippen LogP) is 2.45. The van der Waals surface area contributed by atoms with Crippen LogP contribution in [0.15, 0.2) is 65.7 Å². The Bertz CT molecular complexity index is 1370. The molecule has 0 radical (unpaired) electrons. The number of anilines is 1. The standard InChI is InChI=1S/C22H20F2N8O3/c1-34-16-11-13(5-8-15(16)35-20(23)24)17(29-14-6-3-12(4-7-14)18(25)26)19-30-22(33)32(31-19)21-27-9-2-10-28-21/h2-11,17,20,29H,1H3,(H3,25,26)(H,30,31,33). The molecule has 11 nitrogen and oxygen atoms in total. The topological polar surface area (TPSA) is 157 Å². The van der Waals surface area contributed by atoms with Gasteiger partial charge in [0.2, 0.25) is 0 Å². The van der Waals surface area contributed by atoms with E-state index in [4.69, 9.17) is 15.9 Å². The number of ether oxygens (including phenoxy) is 2. The maximum atomic E-state index is 12.8. The van der Waals surface area contributed by atoms with Crippen LogP contribution in [0.25, 0.3) is 5.95 Å². The summed E-state index contributed by atoms with van der Waals surface area (Å²) < 4.78 is 36.3. The van der Waals surface area contributed by atoms with E-state index in [1.807, 2.05) is 0 Å². The number of rotatable bonds is 9. The molecule has 13 heteroatoms. The van der Waals surface area contributed by atoms with Gasteiger partial charge in [-0.1, -0.05) is 6.07 Å². The van der Waals surface area contributed by atoms with E-state index in [2.05, 4.69) is 30.1 Å². The number of halogens is 2. The van der Waals surface area contributed by atoms with Crippen molar-refractivity contribution in [2.75, 3.05) is 12.4 Å². The van der Waals surface area contributed by atoms with Crippen LogP contribution in [0.5, 0.6) is 11.5 Å². The maximum Gasteiger partial charge on any atom is 0.387 e. The molecule has 5 N–H and O–H groups in total. The summed E-state index contributed by atoms with van der Waals surface area (Å²) in [7, 11) is 1.32. The molecule has 180 valence electrons. The summed E-state index contributed by atoms with van der Waals surface area (Å²) in [5, 5.41) is 15.1. The quantitative estimate of drug-likeness (QED) is 0.209. The molecule has 0 saturated carbocycles. The van der Waals surface area contributed by atoms with Gasteiger partial charge in [0, 0.05) is 23.6 Å². The van der Waals surface area contributed by atoms with Crippen molar-refractivity contribution in [3.63, 3.8) is 0 Å². The summed E-state index contributed by atoms with van der Waals surface area (Å²) in [6.07, 6.45) is 2.95. The third-order valence-corrected chi connectivity index (χ3v) is 4.89. The van der Waals surface area contributed by atoms with Gasteiger partial charge in [-0.05, 0) is 48.0 Å². The van der Waals surface area contributed by atoms with Gasteiger partial charge in [0.05, 0.1) is 7.11 Å². The lowest BCUT2D eigenvalue weighted by atomic mass is 10.0. The number of nitrogens with one attached hydrogen (secondary N) is 3. The van der Waals surface area contributed by atoms with E-state index in [0.29, 0.717) is 16.8 Å². The highest BCUT2D eigenvalue weighted by molar-refractivity contribution is 5.95. The van der Waals surface area contributed by atoms with E-state index in [1.54, 1.807) is 30.3 Å². The van der Waals surface area contributed by atoms with Crippen molar-refractivity contribution in [1.29, 1.82) is 5.41 Å². The fourth-order valence-electron chi connectivity index (χ4n) is 3.29. The summed E-state index contributed by atoms with van der Waals surface area (Å²) in [4.78, 5) is 23.4. The molecule has 0 bridgehead atoms. The average Bonchev–Trinajstić information content (AvgIpc) is 3.24. The van der Waals surface area contributed by atoms with E-state index < -0.39 is 18.3 Å². The Balaban J connectivity index is 1.77. The highest BCUT2D eigenvalue weighted by Crippen LogP contribution is 2.34. The van der Waals surface area contributed by atoms with E-state index in [0.717, 1.165) is 4.68 Å². The first-order chi connectivity index (χ1) is 16.9. The van der Waals surface area contributed by atoms with Crippen molar-refractivity contribution in [1.82, 2.24) is 24.7 Å². The van der Waals surface area contributed by atoms with Crippen LogP contribution in [0, 0.1) is 5.41 Å². The number of hydrogen-bond donors (Lipinski definition) is 4. The third-order valence-electron chi connectivity index (χ3n) is 4.89. The molecule has 4 aromatic rings. The molecule has 0 amide bonds. The van der Waals surface area contributed by atoms with Gasteiger partial charge in [-0.15, -0.1) is 9.78 Å². The number of methoxy groups -OCH3 is 1. The predicted molar refractivity (Wildman–Crippen MR) is 122 cm³/mol. The number of nitrogen functional groups attached to an aromatic ring is 1. The fraction of sp³-hybridized carbons (Fsp3) is 0.136. The summed E-state index contributed by atoms with van der Waals surface area (Å²) in [5.41, 5.74) is 6.61. The summed E-state index contributed by atoms with van der Waals surface area (Å²) in [5.74, 6) is 0.103. The molecule has 2 heterocycles. The van der Waals surface area contributed by atoms with Gasteiger partial charge in [0.15, 0.2) is 17.3 Å². The van der Waals surface area contributed by atoms with Crippen molar-refractivity contribution in [2.24, 2.45) is 5.73 Å². The van der Waals surface area contributed by atoms with Gasteiger partial charge >= 0.3 is 12.3 Å². The Morgan fingerprint density at radius 1 is 1.14 bits per heavy atom. The van der Waals surface area contributed by atoms with E-state index in [9.17, 15) is 13.6 Å². The molecule has 0 aliphatic carbocycles. The summed E-state index contributed by atoms with van der Waals surface area (Å²) in [6.45, 7) is -3.03. The molecular formula is C22H20F2N8O3. The van der Waals surface area contributed by atoms with Crippen molar-refractivity contribution >= 4 is 11.5 Å². The maximum absolute atomic E-state index is 12.8. The van der Waals surface area contributed by atoms with Crippen molar-refractivity contribution in [2.45, 2.75) is 12.7 Å². The molecular weight excluding hydrogens is 462 g/mol. The molecule has 1 unspecified atom stereocenters. The number of nitrogens with two attached hydrogens (primary N) is 1. The van der Waals surface area contributed by atoms with Crippen LogP contribution in [0.3, 0.4) is 0 Å². The number of alkyl halides is 2. The first-order valence-corrected chi connectivity index (χ1v) is 10.2. The highest BCUT2D eigenvalue weighted by atomic mass is 19.3. The molecule has 1 atom stereocenters. The first-order valence-electron chi connectivity index (χ1n) is 10.2.